The zero-order chi connectivity index (χ0) is 17.7. The van der Waals surface area contributed by atoms with E-state index in [1.165, 1.54) is 0 Å². The first-order valence-corrected chi connectivity index (χ1v) is 8.57. The summed E-state index contributed by atoms with van der Waals surface area (Å²) in [6.07, 6.45) is 0.349. The molecule has 1 N–H and O–H groups in total. The van der Waals surface area contributed by atoms with E-state index in [0.29, 0.717) is 28.6 Å². The highest BCUT2D eigenvalue weighted by Crippen LogP contribution is 2.38. The molecule has 5 heteroatoms. The maximum Gasteiger partial charge on any atom is 0.314 e. The molecule has 1 atom stereocenters. The highest BCUT2D eigenvalue weighted by atomic mass is 32.2. The second-order valence-corrected chi connectivity index (χ2v) is 7.06. The number of benzene rings is 2. The van der Waals surface area contributed by atoms with Crippen molar-refractivity contribution >= 4 is 17.7 Å². The summed E-state index contributed by atoms with van der Waals surface area (Å²) in [6, 6.07) is 15.9. The van der Waals surface area contributed by atoms with Gasteiger partial charge in [0.25, 0.3) is 5.76 Å². The van der Waals surface area contributed by atoms with Gasteiger partial charge < -0.3 is 5.11 Å². The van der Waals surface area contributed by atoms with Crippen LogP contribution in [0, 0.1) is 5.92 Å². The van der Waals surface area contributed by atoms with Crippen LogP contribution in [0.5, 0.6) is 0 Å². The molecule has 0 saturated heterocycles. The second kappa shape index (κ2) is 7.79. The van der Waals surface area contributed by atoms with Crippen LogP contribution in [-0.2, 0) is 16.6 Å². The van der Waals surface area contributed by atoms with Gasteiger partial charge in [-0.05, 0) is 35.6 Å². The van der Waals surface area contributed by atoms with Crippen molar-refractivity contribution in [3.8, 4) is 0 Å². The lowest BCUT2D eigenvalue weighted by atomic mass is 9.68. The highest BCUT2D eigenvalue weighted by Gasteiger charge is 2.43. The Bertz CT molecular complexity index is 672. The number of carboxylic acid groups (broad SMARTS) is 1. The monoisotopic (exact) mass is 350 g/mol. The minimum atomic E-state index is -2.49. The van der Waals surface area contributed by atoms with Crippen LogP contribution in [0.3, 0.4) is 0 Å². The van der Waals surface area contributed by atoms with Crippen molar-refractivity contribution in [3.05, 3.63) is 65.7 Å². The molecule has 0 saturated carbocycles. The van der Waals surface area contributed by atoms with Crippen molar-refractivity contribution < 1.29 is 18.7 Å². The topological polar surface area (TPSA) is 37.3 Å². The summed E-state index contributed by atoms with van der Waals surface area (Å²) < 4.78 is 24.9. The molecule has 2 rings (SSSR count). The molecule has 128 valence electrons. The second-order valence-electron chi connectivity index (χ2n) is 6.00. The Kier molecular flexibility index (Phi) is 5.99. The lowest BCUT2D eigenvalue weighted by molar-refractivity contribution is -0.145. The van der Waals surface area contributed by atoms with Gasteiger partial charge in [0, 0.05) is 4.90 Å². The number of aliphatic carboxylic acids is 1. The molecule has 0 radical (unpaired) electrons. The van der Waals surface area contributed by atoms with Crippen molar-refractivity contribution in [2.24, 2.45) is 5.92 Å². The van der Waals surface area contributed by atoms with Crippen molar-refractivity contribution in [3.63, 3.8) is 0 Å². The predicted molar refractivity (Wildman–Crippen MR) is 92.6 cm³/mol. The first-order chi connectivity index (χ1) is 11.4. The summed E-state index contributed by atoms with van der Waals surface area (Å²) in [7, 11) is 0. The third-order valence-corrected chi connectivity index (χ3v) is 5.01. The molecule has 0 spiro atoms. The van der Waals surface area contributed by atoms with Crippen LogP contribution in [0.25, 0.3) is 0 Å². The summed E-state index contributed by atoms with van der Waals surface area (Å²) in [6.45, 7) is 3.75. The Morgan fingerprint density at radius 3 is 2.12 bits per heavy atom. The van der Waals surface area contributed by atoms with Crippen molar-refractivity contribution in [2.75, 3.05) is 0 Å². The quantitative estimate of drug-likeness (QED) is 0.696. The predicted octanol–water partition coefficient (Wildman–Crippen LogP) is 5.22. The number of rotatable bonds is 7. The van der Waals surface area contributed by atoms with E-state index in [1.54, 1.807) is 24.3 Å². The van der Waals surface area contributed by atoms with E-state index in [1.807, 2.05) is 44.2 Å². The van der Waals surface area contributed by atoms with Crippen LogP contribution in [0.4, 0.5) is 8.78 Å². The summed E-state index contributed by atoms with van der Waals surface area (Å²) >= 11 is 0.458. The molecule has 2 aromatic rings. The average Bonchev–Trinajstić information content (AvgIpc) is 2.53. The summed E-state index contributed by atoms with van der Waals surface area (Å²) in [5.74, 6) is -3.56. The molecular weight excluding hydrogens is 330 g/mol. The SMILES string of the molecule is CC(C)C(Cc1ccccc1)(C(=O)O)c1ccc(SC(F)F)cc1. The van der Waals surface area contributed by atoms with Gasteiger partial charge in [-0.1, -0.05) is 68.1 Å². The first kappa shape index (κ1) is 18.5. The molecule has 0 fully saturated rings. The van der Waals surface area contributed by atoms with Gasteiger partial charge in [0.2, 0.25) is 0 Å². The fourth-order valence-electron chi connectivity index (χ4n) is 2.94. The number of hydrogen-bond acceptors (Lipinski definition) is 2. The number of carboxylic acids is 1. The lowest BCUT2D eigenvalue weighted by Gasteiger charge is -2.34. The standard InChI is InChI=1S/C19H20F2O2S/c1-13(2)19(17(22)23,12-14-6-4-3-5-7-14)15-8-10-16(11-9-15)24-18(20)21/h3-11,13,18H,12H2,1-2H3,(H,22,23). The summed E-state index contributed by atoms with van der Waals surface area (Å²) in [5.41, 5.74) is 0.460. The molecule has 0 heterocycles. The molecule has 1 unspecified atom stereocenters. The third-order valence-electron chi connectivity index (χ3n) is 4.29. The molecule has 24 heavy (non-hydrogen) atoms. The Morgan fingerprint density at radius 1 is 1.08 bits per heavy atom. The number of alkyl halides is 2. The Balaban J connectivity index is 2.44. The molecule has 0 aromatic heterocycles. The Hall–Kier alpha value is -1.88. The molecule has 0 aliphatic heterocycles. The molecule has 2 aromatic carbocycles. The molecular formula is C19H20F2O2S. The van der Waals surface area contributed by atoms with Crippen LogP contribution in [0.2, 0.25) is 0 Å². The smallest absolute Gasteiger partial charge is 0.314 e. The van der Waals surface area contributed by atoms with E-state index < -0.39 is 17.1 Å². The molecule has 0 amide bonds. The van der Waals surface area contributed by atoms with Gasteiger partial charge in [0.05, 0.1) is 5.41 Å². The first-order valence-electron chi connectivity index (χ1n) is 7.69. The van der Waals surface area contributed by atoms with Gasteiger partial charge in [0.15, 0.2) is 0 Å². The zero-order valence-electron chi connectivity index (χ0n) is 13.6. The van der Waals surface area contributed by atoms with Gasteiger partial charge in [-0.15, -0.1) is 0 Å². The molecule has 0 aliphatic rings. The number of thioether (sulfide) groups is 1. The van der Waals surface area contributed by atoms with Gasteiger partial charge in [-0.25, -0.2) is 0 Å². The average molecular weight is 350 g/mol. The Labute approximate surface area is 144 Å². The molecule has 0 aliphatic carbocycles. The van der Waals surface area contributed by atoms with Crippen LogP contribution in [0.15, 0.2) is 59.5 Å². The number of hydrogen-bond donors (Lipinski definition) is 1. The van der Waals surface area contributed by atoms with E-state index in [0.717, 1.165) is 5.56 Å². The maximum absolute atomic E-state index is 12.5. The fraction of sp³-hybridized carbons (Fsp3) is 0.316. The molecule has 0 bridgehead atoms. The summed E-state index contributed by atoms with van der Waals surface area (Å²) in [4.78, 5) is 12.6. The van der Waals surface area contributed by atoms with Gasteiger partial charge in [-0.3, -0.25) is 4.79 Å². The zero-order valence-corrected chi connectivity index (χ0v) is 14.4. The van der Waals surface area contributed by atoms with Crippen LogP contribution < -0.4 is 0 Å². The van der Waals surface area contributed by atoms with E-state index >= 15 is 0 Å². The minimum absolute atomic E-state index is 0.163. The third kappa shape index (κ3) is 3.96. The van der Waals surface area contributed by atoms with Gasteiger partial charge in [-0.2, -0.15) is 8.78 Å². The highest BCUT2D eigenvalue weighted by molar-refractivity contribution is 7.99. The van der Waals surface area contributed by atoms with E-state index in [-0.39, 0.29) is 5.92 Å². The summed E-state index contributed by atoms with van der Waals surface area (Å²) in [5, 5.41) is 10.00. The maximum atomic E-state index is 12.5. The van der Waals surface area contributed by atoms with Crippen molar-refractivity contribution in [1.29, 1.82) is 0 Å². The Morgan fingerprint density at radius 2 is 1.67 bits per heavy atom. The number of halogens is 2. The van der Waals surface area contributed by atoms with Crippen LogP contribution >= 0.6 is 11.8 Å². The van der Waals surface area contributed by atoms with Gasteiger partial charge >= 0.3 is 5.97 Å². The fourth-order valence-corrected chi connectivity index (χ4v) is 3.44. The number of carbonyl (C=O) groups is 1. The van der Waals surface area contributed by atoms with Crippen LogP contribution in [0.1, 0.15) is 25.0 Å². The minimum Gasteiger partial charge on any atom is -0.481 e. The largest absolute Gasteiger partial charge is 0.481 e. The van der Waals surface area contributed by atoms with Crippen molar-refractivity contribution in [2.45, 2.75) is 36.3 Å². The molecule has 2 nitrogen and oxygen atoms in total. The van der Waals surface area contributed by atoms with Crippen LogP contribution in [-0.4, -0.2) is 16.8 Å². The lowest BCUT2D eigenvalue weighted by Crippen LogP contribution is -2.43. The van der Waals surface area contributed by atoms with E-state index in [9.17, 15) is 18.7 Å². The van der Waals surface area contributed by atoms with E-state index in [4.69, 9.17) is 0 Å². The van der Waals surface area contributed by atoms with E-state index in [2.05, 4.69) is 0 Å². The van der Waals surface area contributed by atoms with Gasteiger partial charge in [0.1, 0.15) is 0 Å². The van der Waals surface area contributed by atoms with Crippen molar-refractivity contribution in [1.82, 2.24) is 0 Å². The normalized spacial score (nSPS) is 13.9.